The number of imidazole rings is 1. The summed E-state index contributed by atoms with van der Waals surface area (Å²) in [5.74, 6) is 0.724. The lowest BCUT2D eigenvalue weighted by molar-refractivity contribution is 0.580. The fourth-order valence-corrected chi connectivity index (χ4v) is 2.11. The molecule has 86 valence electrons. The van der Waals surface area contributed by atoms with Gasteiger partial charge in [-0.3, -0.25) is 0 Å². The van der Waals surface area contributed by atoms with Crippen LogP contribution in [0.3, 0.4) is 0 Å². The van der Waals surface area contributed by atoms with Gasteiger partial charge in [0.25, 0.3) is 0 Å². The lowest BCUT2D eigenvalue weighted by atomic mass is 10.3. The highest BCUT2D eigenvalue weighted by atomic mass is 35.5. The van der Waals surface area contributed by atoms with E-state index < -0.39 is 0 Å². The van der Waals surface area contributed by atoms with E-state index in [0.29, 0.717) is 16.4 Å². The zero-order valence-electron chi connectivity index (χ0n) is 9.14. The first-order chi connectivity index (χ1) is 8.16. The van der Waals surface area contributed by atoms with Gasteiger partial charge in [-0.15, -0.1) is 0 Å². The molecule has 0 aliphatic rings. The summed E-state index contributed by atoms with van der Waals surface area (Å²) in [6.45, 7) is 1.95. The minimum Gasteiger partial charge on any atom is -0.463 e. The first-order valence-electron chi connectivity index (χ1n) is 5.14. The number of anilines is 1. The lowest BCUT2D eigenvalue weighted by Gasteiger charge is -2.00. The van der Waals surface area contributed by atoms with Crippen LogP contribution in [0.5, 0.6) is 0 Å². The Hall–Kier alpha value is -1.94. The first kappa shape index (κ1) is 10.2. The second-order valence-electron chi connectivity index (χ2n) is 3.83. The van der Waals surface area contributed by atoms with E-state index in [9.17, 15) is 0 Å². The van der Waals surface area contributed by atoms with Crippen LogP contribution in [-0.4, -0.2) is 9.38 Å². The molecule has 0 spiro atoms. The molecule has 4 nitrogen and oxygen atoms in total. The van der Waals surface area contributed by atoms with Gasteiger partial charge in [-0.2, -0.15) is 0 Å². The number of rotatable bonds is 1. The number of hydrogen-bond acceptors (Lipinski definition) is 3. The highest BCUT2D eigenvalue weighted by Crippen LogP contribution is 2.28. The molecule has 3 heterocycles. The molecule has 3 aromatic heterocycles. The Morgan fingerprint density at radius 1 is 1.47 bits per heavy atom. The van der Waals surface area contributed by atoms with Crippen LogP contribution in [-0.2, 0) is 0 Å². The Morgan fingerprint density at radius 2 is 2.29 bits per heavy atom. The molecule has 5 heteroatoms. The lowest BCUT2D eigenvalue weighted by Crippen LogP contribution is -1.93. The number of pyridine rings is 1. The normalized spacial score (nSPS) is 11.2. The van der Waals surface area contributed by atoms with Crippen LogP contribution in [0.4, 0.5) is 5.69 Å². The smallest absolute Gasteiger partial charge is 0.161 e. The summed E-state index contributed by atoms with van der Waals surface area (Å²) >= 11 is 5.98. The van der Waals surface area contributed by atoms with Crippen molar-refractivity contribution in [3.8, 4) is 11.5 Å². The summed E-state index contributed by atoms with van der Waals surface area (Å²) < 4.78 is 7.22. The fourth-order valence-electron chi connectivity index (χ4n) is 1.90. The summed E-state index contributed by atoms with van der Waals surface area (Å²) in [6.07, 6.45) is 3.41. The quantitative estimate of drug-likeness (QED) is 0.719. The largest absolute Gasteiger partial charge is 0.463 e. The Bertz CT molecular complexity index is 685. The van der Waals surface area contributed by atoms with Crippen molar-refractivity contribution in [2.75, 3.05) is 5.73 Å². The number of nitrogen functional groups attached to an aromatic ring is 1. The number of halogens is 1. The van der Waals surface area contributed by atoms with E-state index in [4.69, 9.17) is 21.8 Å². The van der Waals surface area contributed by atoms with Crippen molar-refractivity contribution < 1.29 is 4.42 Å². The molecule has 0 radical (unpaired) electrons. The van der Waals surface area contributed by atoms with Crippen molar-refractivity contribution in [3.63, 3.8) is 0 Å². The molecule has 0 bridgehead atoms. The Balaban J connectivity index is 2.36. The zero-order chi connectivity index (χ0) is 12.0. The van der Waals surface area contributed by atoms with E-state index in [0.717, 1.165) is 17.1 Å². The summed E-state index contributed by atoms with van der Waals surface area (Å²) in [6, 6.07) is 5.39. The minimum absolute atomic E-state index is 0.554. The Morgan fingerprint density at radius 3 is 3.00 bits per heavy atom. The van der Waals surface area contributed by atoms with Crippen molar-refractivity contribution in [1.29, 1.82) is 0 Å². The molecule has 3 aromatic rings. The van der Waals surface area contributed by atoms with E-state index >= 15 is 0 Å². The van der Waals surface area contributed by atoms with E-state index in [-0.39, 0.29) is 0 Å². The first-order valence-corrected chi connectivity index (χ1v) is 5.52. The molecule has 3 rings (SSSR count). The molecule has 0 aliphatic carbocycles. The summed E-state index contributed by atoms with van der Waals surface area (Å²) in [4.78, 5) is 4.48. The molecular formula is C12H10ClN3O. The third-order valence-corrected chi connectivity index (χ3v) is 2.92. The average Bonchev–Trinajstić information content (AvgIpc) is 2.87. The van der Waals surface area contributed by atoms with Crippen LogP contribution in [0.2, 0.25) is 5.02 Å². The molecular weight excluding hydrogens is 238 g/mol. The van der Waals surface area contributed by atoms with Crippen molar-refractivity contribution in [2.45, 2.75) is 6.92 Å². The number of hydrogen-bond donors (Lipinski definition) is 1. The SMILES string of the molecule is Cc1c(-c2ccco2)nc2c(N)cc(Cl)cn12. The standard InChI is InChI=1S/C12H10ClN3O/c1-7-11(10-3-2-4-17-10)15-12-9(14)5-8(13)6-16(7)12/h2-6H,14H2,1H3. The molecule has 0 unspecified atom stereocenters. The number of nitrogens with zero attached hydrogens (tertiary/aromatic N) is 2. The van der Waals surface area contributed by atoms with Gasteiger partial charge in [0, 0.05) is 6.20 Å². The summed E-state index contributed by atoms with van der Waals surface area (Å²) in [7, 11) is 0. The molecule has 0 amide bonds. The van der Waals surface area contributed by atoms with Gasteiger partial charge < -0.3 is 14.6 Å². The number of furan rings is 1. The van der Waals surface area contributed by atoms with Gasteiger partial charge in [0.05, 0.1) is 22.7 Å². The number of aromatic nitrogens is 2. The maximum absolute atomic E-state index is 5.98. The summed E-state index contributed by atoms with van der Waals surface area (Å²) in [5, 5.41) is 0.585. The van der Waals surface area contributed by atoms with Gasteiger partial charge in [-0.25, -0.2) is 4.98 Å². The van der Waals surface area contributed by atoms with Crippen LogP contribution in [0.25, 0.3) is 17.1 Å². The van der Waals surface area contributed by atoms with Crippen LogP contribution in [0, 0.1) is 6.92 Å². The topological polar surface area (TPSA) is 56.5 Å². The highest BCUT2D eigenvalue weighted by molar-refractivity contribution is 6.30. The van der Waals surface area contributed by atoms with Gasteiger partial charge in [0.2, 0.25) is 0 Å². The van der Waals surface area contributed by atoms with E-state index in [1.807, 2.05) is 23.5 Å². The Kier molecular flexibility index (Phi) is 2.12. The van der Waals surface area contributed by atoms with Crippen molar-refractivity contribution >= 4 is 22.9 Å². The second kappa shape index (κ2) is 3.53. The van der Waals surface area contributed by atoms with E-state index in [1.165, 1.54) is 0 Å². The third kappa shape index (κ3) is 1.49. The number of fused-ring (bicyclic) bond motifs is 1. The minimum atomic E-state index is 0.554. The molecule has 0 saturated carbocycles. The number of nitrogens with two attached hydrogens (primary N) is 1. The predicted molar refractivity (Wildman–Crippen MR) is 67.1 cm³/mol. The maximum Gasteiger partial charge on any atom is 0.161 e. The monoisotopic (exact) mass is 247 g/mol. The molecule has 0 aliphatic heterocycles. The zero-order valence-corrected chi connectivity index (χ0v) is 9.90. The van der Waals surface area contributed by atoms with Gasteiger partial charge in [-0.1, -0.05) is 11.6 Å². The van der Waals surface area contributed by atoms with Gasteiger partial charge in [0.1, 0.15) is 5.69 Å². The van der Waals surface area contributed by atoms with E-state index in [2.05, 4.69) is 4.98 Å². The van der Waals surface area contributed by atoms with Crippen LogP contribution < -0.4 is 5.73 Å². The van der Waals surface area contributed by atoms with Crippen LogP contribution in [0.1, 0.15) is 5.69 Å². The third-order valence-electron chi connectivity index (χ3n) is 2.71. The van der Waals surface area contributed by atoms with Gasteiger partial charge in [0.15, 0.2) is 11.4 Å². The molecule has 17 heavy (non-hydrogen) atoms. The van der Waals surface area contributed by atoms with E-state index in [1.54, 1.807) is 18.5 Å². The average molecular weight is 248 g/mol. The predicted octanol–water partition coefficient (Wildman–Crippen LogP) is 3.14. The van der Waals surface area contributed by atoms with Crippen LogP contribution >= 0.6 is 11.6 Å². The summed E-state index contributed by atoms with van der Waals surface area (Å²) in [5.41, 5.74) is 8.87. The Labute approximate surface area is 103 Å². The second-order valence-corrected chi connectivity index (χ2v) is 4.27. The van der Waals surface area contributed by atoms with Crippen molar-refractivity contribution in [3.05, 3.63) is 41.4 Å². The fraction of sp³-hybridized carbons (Fsp3) is 0.0833. The van der Waals surface area contributed by atoms with Gasteiger partial charge >= 0.3 is 0 Å². The van der Waals surface area contributed by atoms with Gasteiger partial charge in [-0.05, 0) is 25.1 Å². The molecule has 0 aromatic carbocycles. The highest BCUT2D eigenvalue weighted by Gasteiger charge is 2.14. The molecule has 0 saturated heterocycles. The molecule has 0 atom stereocenters. The maximum atomic E-state index is 5.98. The number of aryl methyl sites for hydroxylation is 1. The molecule has 2 N–H and O–H groups in total. The van der Waals surface area contributed by atoms with Crippen molar-refractivity contribution in [1.82, 2.24) is 9.38 Å². The molecule has 0 fully saturated rings. The van der Waals surface area contributed by atoms with Crippen molar-refractivity contribution in [2.24, 2.45) is 0 Å². The van der Waals surface area contributed by atoms with Crippen LogP contribution in [0.15, 0.2) is 35.1 Å².